The molecule has 9 nitrogen and oxygen atoms in total. The Morgan fingerprint density at radius 3 is 2.44 bits per heavy atom. The summed E-state index contributed by atoms with van der Waals surface area (Å²) in [5, 5.41) is 4.63. The quantitative estimate of drug-likeness (QED) is 0.392. The monoisotopic (exact) mass is 585 g/mol. The Balaban J connectivity index is 1.19. The largest absolute Gasteiger partial charge is 0.461 e. The van der Waals surface area contributed by atoms with Crippen molar-refractivity contribution in [1.82, 2.24) is 14.4 Å². The van der Waals surface area contributed by atoms with Gasteiger partial charge in [-0.2, -0.15) is 0 Å². The van der Waals surface area contributed by atoms with Gasteiger partial charge in [-0.05, 0) is 68.3 Å². The van der Waals surface area contributed by atoms with Crippen molar-refractivity contribution in [2.24, 2.45) is 11.1 Å². The third-order valence-electron chi connectivity index (χ3n) is 9.35. The van der Waals surface area contributed by atoms with E-state index in [9.17, 15) is 14.4 Å². The van der Waals surface area contributed by atoms with Crippen molar-refractivity contribution in [2.45, 2.75) is 64.5 Å². The van der Waals surface area contributed by atoms with Gasteiger partial charge in [0, 0.05) is 61.0 Å². The Morgan fingerprint density at radius 1 is 1.00 bits per heavy atom. The standard InChI is InChI=1S/C34H43N5O4/c1-34(2)19-29-32(26-6-4-5-7-28(26)39(29)30(40)20-34)22-8-13-25(33(35)42)27(18-22)36-23-9-11-24(12-10-23)43-31(41)21-38-16-14-37(3)15-17-38/h4-8,13,18,23-24,36H,9-12,14-17,19-21H2,1-3H3,(H2,35,42)/t23-,24-. The van der Waals surface area contributed by atoms with Crippen LogP contribution in [0.2, 0.25) is 0 Å². The number of carbonyl (C=O) groups is 3. The molecule has 228 valence electrons. The van der Waals surface area contributed by atoms with Gasteiger partial charge >= 0.3 is 5.97 Å². The number of nitrogens with zero attached hydrogens (tertiary/aromatic N) is 3. The first kappa shape index (κ1) is 29.4. The summed E-state index contributed by atoms with van der Waals surface area (Å²) in [4.78, 5) is 42.8. The van der Waals surface area contributed by atoms with E-state index in [0.717, 1.165) is 86.0 Å². The Kier molecular flexibility index (Phi) is 8.04. The summed E-state index contributed by atoms with van der Waals surface area (Å²) >= 11 is 0. The number of anilines is 1. The van der Waals surface area contributed by atoms with Crippen LogP contribution in [0.25, 0.3) is 22.0 Å². The van der Waals surface area contributed by atoms with Gasteiger partial charge in [-0.1, -0.05) is 38.1 Å². The molecule has 9 heteroatoms. The number of rotatable bonds is 7. The van der Waals surface area contributed by atoms with Gasteiger partial charge in [0.25, 0.3) is 5.91 Å². The lowest BCUT2D eigenvalue weighted by molar-refractivity contribution is -0.152. The number of hydrogen-bond acceptors (Lipinski definition) is 7. The number of piperazine rings is 1. The first-order chi connectivity index (χ1) is 20.6. The number of nitrogens with two attached hydrogens (primary N) is 1. The number of esters is 1. The van der Waals surface area contributed by atoms with Gasteiger partial charge in [0.1, 0.15) is 6.10 Å². The van der Waals surface area contributed by atoms with E-state index in [2.05, 4.69) is 42.1 Å². The van der Waals surface area contributed by atoms with Crippen LogP contribution in [0.1, 0.15) is 66.8 Å². The minimum absolute atomic E-state index is 0.0833. The number of nitrogens with one attached hydrogen (secondary N) is 1. The molecule has 0 spiro atoms. The Hall–Kier alpha value is -3.69. The highest BCUT2D eigenvalue weighted by Crippen LogP contribution is 2.43. The van der Waals surface area contributed by atoms with Gasteiger partial charge in [0.15, 0.2) is 0 Å². The Labute approximate surface area is 253 Å². The van der Waals surface area contributed by atoms with Crippen LogP contribution in [0, 0.1) is 5.41 Å². The van der Waals surface area contributed by atoms with Crippen molar-refractivity contribution in [2.75, 3.05) is 45.1 Å². The fraction of sp³-hybridized carbons (Fsp3) is 0.500. The summed E-state index contributed by atoms with van der Waals surface area (Å²) in [6.07, 6.45) is 4.38. The minimum Gasteiger partial charge on any atom is -0.461 e. The third-order valence-corrected chi connectivity index (χ3v) is 9.35. The Bertz CT molecular complexity index is 1540. The number of ether oxygens (including phenoxy) is 1. The van der Waals surface area contributed by atoms with Crippen molar-refractivity contribution >= 4 is 34.4 Å². The number of carbonyl (C=O) groups excluding carboxylic acids is 3. The number of hydrogen-bond donors (Lipinski definition) is 2. The summed E-state index contributed by atoms with van der Waals surface area (Å²) in [7, 11) is 2.10. The fourth-order valence-electron chi connectivity index (χ4n) is 7.06. The lowest BCUT2D eigenvalue weighted by Gasteiger charge is -2.33. The molecule has 6 rings (SSSR count). The SMILES string of the molecule is CN1CCN(CC(=O)O[C@H]2CC[C@H](Nc3cc(-c4c5n(c6ccccc46)C(=O)CC(C)(C)C5)ccc3C(N)=O)CC2)CC1. The van der Waals surface area contributed by atoms with Crippen molar-refractivity contribution < 1.29 is 19.1 Å². The van der Waals surface area contributed by atoms with Gasteiger partial charge in [-0.3, -0.25) is 23.9 Å². The van der Waals surface area contributed by atoms with Gasteiger partial charge in [0.2, 0.25) is 5.91 Å². The van der Waals surface area contributed by atoms with Crippen molar-refractivity contribution in [3.05, 3.63) is 53.7 Å². The van der Waals surface area contributed by atoms with Gasteiger partial charge in [-0.25, -0.2) is 0 Å². The van der Waals surface area contributed by atoms with E-state index in [1.54, 1.807) is 6.07 Å². The van der Waals surface area contributed by atoms with Crippen LogP contribution < -0.4 is 11.1 Å². The van der Waals surface area contributed by atoms with E-state index in [1.807, 2.05) is 34.9 Å². The van der Waals surface area contributed by atoms with Crippen molar-refractivity contribution in [3.63, 3.8) is 0 Å². The highest BCUT2D eigenvalue weighted by molar-refractivity contribution is 6.06. The van der Waals surface area contributed by atoms with Crippen LogP contribution >= 0.6 is 0 Å². The molecule has 43 heavy (non-hydrogen) atoms. The topological polar surface area (TPSA) is 110 Å². The van der Waals surface area contributed by atoms with Crippen LogP contribution in [0.5, 0.6) is 0 Å². The number of amides is 1. The van der Waals surface area contributed by atoms with E-state index in [0.29, 0.717) is 24.2 Å². The summed E-state index contributed by atoms with van der Waals surface area (Å²) in [5.74, 6) is -0.517. The fourth-order valence-corrected chi connectivity index (χ4v) is 7.06. The summed E-state index contributed by atoms with van der Waals surface area (Å²) in [6.45, 7) is 8.34. The molecule has 1 saturated carbocycles. The number of likely N-dealkylation sites (N-methyl/N-ethyl adjacent to an activating group) is 1. The van der Waals surface area contributed by atoms with Gasteiger partial charge in [-0.15, -0.1) is 0 Å². The molecule has 1 amide bonds. The first-order valence-electron chi connectivity index (χ1n) is 15.5. The summed E-state index contributed by atoms with van der Waals surface area (Å²) < 4.78 is 7.73. The van der Waals surface area contributed by atoms with E-state index >= 15 is 0 Å². The molecule has 0 atom stereocenters. The molecule has 0 bridgehead atoms. The maximum atomic E-state index is 13.3. The lowest BCUT2D eigenvalue weighted by atomic mass is 9.80. The molecule has 3 heterocycles. The zero-order valence-corrected chi connectivity index (χ0v) is 25.5. The molecule has 3 aromatic rings. The summed E-state index contributed by atoms with van der Waals surface area (Å²) in [5.41, 5.74) is 10.7. The molecule has 1 aliphatic carbocycles. The number of para-hydroxylation sites is 1. The molecule has 0 unspecified atom stereocenters. The lowest BCUT2D eigenvalue weighted by Crippen LogP contribution is -2.47. The number of benzene rings is 2. The Morgan fingerprint density at radius 2 is 1.72 bits per heavy atom. The molecule has 0 radical (unpaired) electrons. The molecule has 3 N–H and O–H groups in total. The molecule has 1 aromatic heterocycles. The molecule has 2 aromatic carbocycles. The van der Waals surface area contributed by atoms with Crippen LogP contribution in [-0.4, -0.2) is 84.1 Å². The highest BCUT2D eigenvalue weighted by atomic mass is 16.5. The van der Waals surface area contributed by atoms with E-state index in [1.165, 1.54) is 0 Å². The highest BCUT2D eigenvalue weighted by Gasteiger charge is 2.35. The maximum Gasteiger partial charge on any atom is 0.320 e. The zero-order valence-electron chi connectivity index (χ0n) is 25.5. The minimum atomic E-state index is -0.486. The number of aromatic nitrogens is 1. The molecular weight excluding hydrogens is 542 g/mol. The van der Waals surface area contributed by atoms with Gasteiger partial charge < -0.3 is 20.7 Å². The molecule has 2 fully saturated rings. The normalized spacial score (nSPS) is 22.7. The van der Waals surface area contributed by atoms with Crippen LogP contribution in [0.3, 0.4) is 0 Å². The molecule has 1 saturated heterocycles. The van der Waals surface area contributed by atoms with E-state index in [4.69, 9.17) is 10.5 Å². The maximum absolute atomic E-state index is 13.3. The van der Waals surface area contributed by atoms with Gasteiger partial charge in [0.05, 0.1) is 17.6 Å². The molecule has 2 aliphatic heterocycles. The number of fused-ring (bicyclic) bond motifs is 3. The number of primary amides is 1. The van der Waals surface area contributed by atoms with Crippen molar-refractivity contribution in [3.8, 4) is 11.1 Å². The van der Waals surface area contributed by atoms with E-state index < -0.39 is 5.91 Å². The van der Waals surface area contributed by atoms with E-state index in [-0.39, 0.29) is 29.4 Å². The van der Waals surface area contributed by atoms with Crippen molar-refractivity contribution in [1.29, 1.82) is 0 Å². The zero-order chi connectivity index (χ0) is 30.3. The average molecular weight is 586 g/mol. The average Bonchev–Trinajstić information content (AvgIpc) is 3.28. The second-order valence-electron chi connectivity index (χ2n) is 13.4. The van der Waals surface area contributed by atoms with Crippen LogP contribution in [0.4, 0.5) is 5.69 Å². The third kappa shape index (κ3) is 6.19. The predicted molar refractivity (Wildman–Crippen MR) is 168 cm³/mol. The molecule has 3 aliphatic rings. The first-order valence-corrected chi connectivity index (χ1v) is 15.5. The van der Waals surface area contributed by atoms with Crippen LogP contribution in [-0.2, 0) is 16.0 Å². The second kappa shape index (κ2) is 11.8. The smallest absolute Gasteiger partial charge is 0.320 e. The molecular formula is C34H43N5O4. The summed E-state index contributed by atoms with van der Waals surface area (Å²) in [6, 6.07) is 13.9. The second-order valence-corrected chi connectivity index (χ2v) is 13.4. The van der Waals surface area contributed by atoms with Crippen LogP contribution in [0.15, 0.2) is 42.5 Å². The predicted octanol–water partition coefficient (Wildman–Crippen LogP) is 4.53.